The van der Waals surface area contributed by atoms with Crippen LogP contribution in [-0.2, 0) is 13.6 Å². The maximum absolute atomic E-state index is 12.2. The number of tetrazole rings is 1. The van der Waals surface area contributed by atoms with Crippen molar-refractivity contribution in [2.45, 2.75) is 13.5 Å². The van der Waals surface area contributed by atoms with Gasteiger partial charge in [-0.15, -0.1) is 10.2 Å². The van der Waals surface area contributed by atoms with Gasteiger partial charge in [0, 0.05) is 37.4 Å². The van der Waals surface area contributed by atoms with Crippen LogP contribution in [0.5, 0.6) is 0 Å². The number of amides is 1. The van der Waals surface area contributed by atoms with Crippen molar-refractivity contribution < 1.29 is 4.79 Å². The van der Waals surface area contributed by atoms with Gasteiger partial charge in [-0.05, 0) is 36.0 Å². The highest BCUT2D eigenvalue weighted by Gasteiger charge is 2.16. The van der Waals surface area contributed by atoms with Crippen molar-refractivity contribution in [3.63, 3.8) is 0 Å². The SMILES string of the molecule is CCN1CCN(c2ccc(C(=O)NCc3nnn(C)n3)cc2)CC1. The number of carbonyl (C=O) groups excluding carboxylic acids is 1. The lowest BCUT2D eigenvalue weighted by molar-refractivity contribution is 0.0950. The van der Waals surface area contributed by atoms with E-state index in [1.165, 1.54) is 4.80 Å². The molecule has 0 bridgehead atoms. The molecule has 1 fully saturated rings. The molecule has 1 aliphatic rings. The van der Waals surface area contributed by atoms with Gasteiger partial charge in [0.15, 0.2) is 5.82 Å². The average molecular weight is 329 g/mol. The van der Waals surface area contributed by atoms with Crippen LogP contribution >= 0.6 is 0 Å². The van der Waals surface area contributed by atoms with Crippen LogP contribution in [0.2, 0.25) is 0 Å². The molecule has 0 atom stereocenters. The number of nitrogens with one attached hydrogen (secondary N) is 1. The molecule has 0 aliphatic carbocycles. The summed E-state index contributed by atoms with van der Waals surface area (Å²) in [7, 11) is 1.69. The van der Waals surface area contributed by atoms with E-state index >= 15 is 0 Å². The number of piperazine rings is 1. The first-order valence-electron chi connectivity index (χ1n) is 8.24. The van der Waals surface area contributed by atoms with Crippen LogP contribution in [0.15, 0.2) is 24.3 Å². The summed E-state index contributed by atoms with van der Waals surface area (Å²) in [4.78, 5) is 18.4. The molecule has 24 heavy (non-hydrogen) atoms. The predicted octanol–water partition coefficient (Wildman–Crippen LogP) is 0.282. The Labute approximate surface area is 141 Å². The van der Waals surface area contributed by atoms with Gasteiger partial charge in [0.1, 0.15) is 0 Å². The Hall–Kier alpha value is -2.48. The Morgan fingerprint density at radius 1 is 1.17 bits per heavy atom. The maximum atomic E-state index is 12.2. The van der Waals surface area contributed by atoms with Gasteiger partial charge >= 0.3 is 0 Å². The highest BCUT2D eigenvalue weighted by molar-refractivity contribution is 5.94. The molecule has 3 rings (SSSR count). The number of hydrogen-bond acceptors (Lipinski definition) is 6. The van der Waals surface area contributed by atoms with Crippen molar-refractivity contribution in [3.05, 3.63) is 35.7 Å². The van der Waals surface area contributed by atoms with E-state index in [1.54, 1.807) is 7.05 Å². The third-order valence-corrected chi connectivity index (χ3v) is 4.27. The Morgan fingerprint density at radius 3 is 2.46 bits per heavy atom. The van der Waals surface area contributed by atoms with E-state index in [-0.39, 0.29) is 12.5 Å². The molecule has 1 saturated heterocycles. The Balaban J connectivity index is 1.55. The molecule has 1 aromatic carbocycles. The first kappa shape index (κ1) is 16.4. The second-order valence-corrected chi connectivity index (χ2v) is 5.85. The number of anilines is 1. The molecule has 128 valence electrons. The van der Waals surface area contributed by atoms with Gasteiger partial charge in [-0.25, -0.2) is 0 Å². The second-order valence-electron chi connectivity index (χ2n) is 5.85. The summed E-state index contributed by atoms with van der Waals surface area (Å²) >= 11 is 0. The summed E-state index contributed by atoms with van der Waals surface area (Å²) in [5, 5.41) is 14.4. The van der Waals surface area contributed by atoms with Crippen molar-refractivity contribution >= 4 is 11.6 Å². The third kappa shape index (κ3) is 3.88. The number of benzene rings is 1. The quantitative estimate of drug-likeness (QED) is 0.849. The molecular formula is C16H23N7O. The van der Waals surface area contributed by atoms with E-state index in [1.807, 2.05) is 24.3 Å². The lowest BCUT2D eigenvalue weighted by atomic mass is 10.1. The van der Waals surface area contributed by atoms with Crippen molar-refractivity contribution in [2.75, 3.05) is 37.6 Å². The number of hydrogen-bond donors (Lipinski definition) is 1. The number of likely N-dealkylation sites (N-methyl/N-ethyl adjacent to an activating group) is 1. The molecule has 8 heteroatoms. The van der Waals surface area contributed by atoms with Crippen molar-refractivity contribution in [1.29, 1.82) is 0 Å². The van der Waals surface area contributed by atoms with Gasteiger partial charge in [0.2, 0.25) is 0 Å². The summed E-state index contributed by atoms with van der Waals surface area (Å²) in [6.07, 6.45) is 0. The standard InChI is InChI=1S/C16H23N7O/c1-3-22-8-10-23(11-9-22)14-6-4-13(5-7-14)16(24)17-12-15-18-20-21(2)19-15/h4-7H,3,8-12H2,1-2H3,(H,17,24). The molecule has 1 N–H and O–H groups in total. The Morgan fingerprint density at radius 2 is 1.88 bits per heavy atom. The number of nitrogens with zero attached hydrogens (tertiary/aromatic N) is 6. The second kappa shape index (κ2) is 7.39. The Bertz CT molecular complexity index is 674. The maximum Gasteiger partial charge on any atom is 0.251 e. The van der Waals surface area contributed by atoms with Crippen LogP contribution < -0.4 is 10.2 Å². The van der Waals surface area contributed by atoms with E-state index < -0.39 is 0 Å². The normalized spacial score (nSPS) is 15.5. The number of rotatable bonds is 5. The molecule has 0 unspecified atom stereocenters. The van der Waals surface area contributed by atoms with E-state index in [9.17, 15) is 4.79 Å². The number of aryl methyl sites for hydroxylation is 1. The first-order valence-corrected chi connectivity index (χ1v) is 8.24. The molecule has 0 saturated carbocycles. The molecule has 0 radical (unpaired) electrons. The van der Waals surface area contributed by atoms with Gasteiger partial charge in [-0.1, -0.05) is 6.92 Å². The van der Waals surface area contributed by atoms with Crippen LogP contribution in [0, 0.1) is 0 Å². The minimum Gasteiger partial charge on any atom is -0.369 e. The van der Waals surface area contributed by atoms with Gasteiger partial charge < -0.3 is 15.1 Å². The fourth-order valence-electron chi connectivity index (χ4n) is 2.80. The fourth-order valence-corrected chi connectivity index (χ4v) is 2.80. The largest absolute Gasteiger partial charge is 0.369 e. The van der Waals surface area contributed by atoms with Crippen molar-refractivity contribution in [1.82, 2.24) is 30.4 Å². The monoisotopic (exact) mass is 329 g/mol. The summed E-state index contributed by atoms with van der Waals surface area (Å²) in [5.41, 5.74) is 1.80. The predicted molar refractivity (Wildman–Crippen MR) is 90.7 cm³/mol. The zero-order valence-corrected chi connectivity index (χ0v) is 14.1. The van der Waals surface area contributed by atoms with Crippen LogP contribution in [0.25, 0.3) is 0 Å². The van der Waals surface area contributed by atoms with Crippen LogP contribution in [-0.4, -0.2) is 63.7 Å². The Kier molecular flexibility index (Phi) is 5.05. The molecule has 1 amide bonds. The van der Waals surface area contributed by atoms with E-state index in [0.29, 0.717) is 11.4 Å². The summed E-state index contributed by atoms with van der Waals surface area (Å²) in [6.45, 7) is 7.80. The van der Waals surface area contributed by atoms with Gasteiger partial charge in [-0.3, -0.25) is 4.79 Å². The zero-order chi connectivity index (χ0) is 16.9. The molecule has 2 aromatic rings. The van der Waals surface area contributed by atoms with E-state index in [4.69, 9.17) is 0 Å². The molecule has 1 aliphatic heterocycles. The van der Waals surface area contributed by atoms with E-state index in [2.05, 4.69) is 37.5 Å². The highest BCUT2D eigenvalue weighted by atomic mass is 16.1. The van der Waals surface area contributed by atoms with Crippen molar-refractivity contribution in [3.8, 4) is 0 Å². The van der Waals surface area contributed by atoms with Gasteiger partial charge in [0.05, 0.1) is 13.6 Å². The highest BCUT2D eigenvalue weighted by Crippen LogP contribution is 2.17. The lowest BCUT2D eigenvalue weighted by Gasteiger charge is -2.35. The molecular weight excluding hydrogens is 306 g/mol. The summed E-state index contributed by atoms with van der Waals surface area (Å²) in [6, 6.07) is 7.75. The summed E-state index contributed by atoms with van der Waals surface area (Å²) in [5.74, 6) is 0.362. The van der Waals surface area contributed by atoms with Crippen LogP contribution in [0.1, 0.15) is 23.1 Å². The van der Waals surface area contributed by atoms with Crippen molar-refractivity contribution in [2.24, 2.45) is 7.05 Å². The fraction of sp³-hybridized carbons (Fsp3) is 0.500. The first-order chi connectivity index (χ1) is 11.7. The average Bonchev–Trinajstić information content (AvgIpc) is 3.05. The summed E-state index contributed by atoms with van der Waals surface area (Å²) < 4.78 is 0. The molecule has 0 spiro atoms. The number of carbonyl (C=O) groups is 1. The molecule has 8 nitrogen and oxygen atoms in total. The van der Waals surface area contributed by atoms with Gasteiger partial charge in [0.25, 0.3) is 5.91 Å². The molecule has 1 aromatic heterocycles. The van der Waals surface area contributed by atoms with Crippen LogP contribution in [0.3, 0.4) is 0 Å². The number of aromatic nitrogens is 4. The minimum atomic E-state index is -0.134. The lowest BCUT2D eigenvalue weighted by Crippen LogP contribution is -2.46. The van der Waals surface area contributed by atoms with Crippen LogP contribution in [0.4, 0.5) is 5.69 Å². The smallest absolute Gasteiger partial charge is 0.251 e. The topological polar surface area (TPSA) is 79.2 Å². The molecule has 2 heterocycles. The minimum absolute atomic E-state index is 0.134. The van der Waals surface area contributed by atoms with E-state index in [0.717, 1.165) is 38.4 Å². The zero-order valence-electron chi connectivity index (χ0n) is 14.1. The third-order valence-electron chi connectivity index (χ3n) is 4.27. The van der Waals surface area contributed by atoms with Gasteiger partial charge in [-0.2, -0.15) is 4.80 Å².